The Morgan fingerprint density at radius 3 is 2.50 bits per heavy atom. The van der Waals surface area contributed by atoms with Crippen LogP contribution in [0.5, 0.6) is 0 Å². The zero-order valence-corrected chi connectivity index (χ0v) is 10.7. The Morgan fingerprint density at radius 1 is 1.35 bits per heavy atom. The van der Waals surface area contributed by atoms with E-state index in [1.807, 2.05) is 0 Å². The van der Waals surface area contributed by atoms with Gasteiger partial charge in [-0.1, -0.05) is 6.92 Å². The number of benzene rings is 1. The van der Waals surface area contributed by atoms with E-state index in [9.17, 15) is 18.4 Å². The largest absolute Gasteiger partial charge is 0.478 e. The van der Waals surface area contributed by atoms with Gasteiger partial charge in [-0.3, -0.25) is 4.57 Å². The first-order chi connectivity index (χ1) is 9.36. The second kappa shape index (κ2) is 4.87. The van der Waals surface area contributed by atoms with Crippen LogP contribution in [0.4, 0.5) is 8.78 Å². The van der Waals surface area contributed by atoms with Gasteiger partial charge in [-0.15, -0.1) is 5.10 Å². The molecule has 0 saturated heterocycles. The molecule has 1 aromatic carbocycles. The Labute approximate surface area is 111 Å². The van der Waals surface area contributed by atoms with Crippen molar-refractivity contribution < 1.29 is 18.7 Å². The molecule has 2 rings (SSSR count). The van der Waals surface area contributed by atoms with Gasteiger partial charge in [0.2, 0.25) is 0 Å². The average Bonchev–Trinajstić information content (AvgIpc) is 2.68. The van der Waals surface area contributed by atoms with Crippen LogP contribution < -0.4 is 5.69 Å². The third-order valence-corrected chi connectivity index (χ3v) is 2.88. The number of rotatable bonds is 3. The number of aromatic nitrogens is 3. The molecule has 0 radical (unpaired) electrons. The van der Waals surface area contributed by atoms with Crippen molar-refractivity contribution in [2.75, 3.05) is 0 Å². The summed E-state index contributed by atoms with van der Waals surface area (Å²) < 4.78 is 29.4. The number of carboxylic acid groups (broad SMARTS) is 1. The van der Waals surface area contributed by atoms with Gasteiger partial charge in [0.1, 0.15) is 23.1 Å². The topological polar surface area (TPSA) is 77.1 Å². The molecule has 1 aromatic heterocycles. The molecular weight excluding hydrogens is 272 g/mol. The quantitative estimate of drug-likeness (QED) is 0.915. The van der Waals surface area contributed by atoms with Gasteiger partial charge in [-0.2, -0.15) is 4.68 Å². The Bertz CT molecular complexity index is 749. The van der Waals surface area contributed by atoms with E-state index in [-0.39, 0.29) is 0 Å². The lowest BCUT2D eigenvalue weighted by molar-refractivity contribution is 0.0691. The number of aryl methyl sites for hydroxylation is 1. The van der Waals surface area contributed by atoms with E-state index >= 15 is 0 Å². The summed E-state index contributed by atoms with van der Waals surface area (Å²) in [6.45, 7) is 1.76. The van der Waals surface area contributed by atoms with Crippen LogP contribution in [-0.4, -0.2) is 25.4 Å². The number of hydrogen-bond acceptors (Lipinski definition) is 3. The second-order valence-corrected chi connectivity index (χ2v) is 4.11. The minimum Gasteiger partial charge on any atom is -0.478 e. The summed E-state index contributed by atoms with van der Waals surface area (Å²) in [6.07, 6.45) is 0.441. The molecule has 0 aliphatic heterocycles. The highest BCUT2D eigenvalue weighted by Crippen LogP contribution is 2.17. The average molecular weight is 283 g/mol. The van der Waals surface area contributed by atoms with Crippen molar-refractivity contribution in [2.24, 2.45) is 7.05 Å². The SMILES string of the molecule is CCc1nn(-c2cc(F)c(C(=O)O)cc2F)c(=O)n1C. The molecule has 0 spiro atoms. The second-order valence-electron chi connectivity index (χ2n) is 4.11. The van der Waals surface area contributed by atoms with Gasteiger partial charge in [-0.25, -0.2) is 18.4 Å². The van der Waals surface area contributed by atoms with E-state index in [0.717, 1.165) is 0 Å². The van der Waals surface area contributed by atoms with E-state index in [1.54, 1.807) is 6.92 Å². The standard InChI is InChI=1S/C12H11F2N3O3/c1-3-10-15-17(12(20)16(10)2)9-5-7(13)6(11(18)19)4-8(9)14/h4-5H,3H2,1-2H3,(H,18,19). The first-order valence-electron chi connectivity index (χ1n) is 5.74. The molecule has 20 heavy (non-hydrogen) atoms. The van der Waals surface area contributed by atoms with E-state index in [1.165, 1.54) is 11.6 Å². The van der Waals surface area contributed by atoms with Gasteiger partial charge < -0.3 is 5.11 Å². The van der Waals surface area contributed by atoms with Gasteiger partial charge in [0.25, 0.3) is 0 Å². The van der Waals surface area contributed by atoms with Crippen molar-refractivity contribution in [1.29, 1.82) is 0 Å². The smallest absolute Gasteiger partial charge is 0.350 e. The summed E-state index contributed by atoms with van der Waals surface area (Å²) in [6, 6.07) is 1.17. The normalized spacial score (nSPS) is 10.8. The molecule has 2 aromatic rings. The van der Waals surface area contributed by atoms with Gasteiger partial charge in [-0.05, 0) is 6.07 Å². The van der Waals surface area contributed by atoms with Crippen LogP contribution >= 0.6 is 0 Å². The van der Waals surface area contributed by atoms with Gasteiger partial charge >= 0.3 is 11.7 Å². The van der Waals surface area contributed by atoms with Crippen molar-refractivity contribution in [1.82, 2.24) is 14.3 Å². The summed E-state index contributed by atoms with van der Waals surface area (Å²) in [5.74, 6) is -3.36. The molecule has 6 nitrogen and oxygen atoms in total. The van der Waals surface area contributed by atoms with Crippen molar-refractivity contribution in [3.63, 3.8) is 0 Å². The van der Waals surface area contributed by atoms with Crippen LogP contribution in [0, 0.1) is 11.6 Å². The summed E-state index contributed by atoms with van der Waals surface area (Å²) in [5.41, 5.74) is -1.86. The van der Waals surface area contributed by atoms with Crippen LogP contribution in [0.2, 0.25) is 0 Å². The molecule has 0 saturated carbocycles. The van der Waals surface area contributed by atoms with Crippen molar-refractivity contribution in [3.8, 4) is 5.69 Å². The van der Waals surface area contributed by atoms with Crippen molar-refractivity contribution in [2.45, 2.75) is 13.3 Å². The lowest BCUT2D eigenvalue weighted by atomic mass is 10.2. The molecule has 1 heterocycles. The third kappa shape index (κ3) is 2.09. The Morgan fingerprint density at radius 2 is 2.00 bits per heavy atom. The van der Waals surface area contributed by atoms with E-state index in [2.05, 4.69) is 5.10 Å². The zero-order valence-electron chi connectivity index (χ0n) is 10.7. The Kier molecular flexibility index (Phi) is 3.39. The molecule has 106 valence electrons. The number of carbonyl (C=O) groups is 1. The molecule has 0 amide bonds. The molecule has 0 fully saturated rings. The van der Waals surface area contributed by atoms with Crippen molar-refractivity contribution in [3.05, 3.63) is 45.6 Å². The van der Waals surface area contributed by atoms with Crippen LogP contribution in [0.25, 0.3) is 5.69 Å². The van der Waals surface area contributed by atoms with Crippen molar-refractivity contribution >= 4 is 5.97 Å². The highest BCUT2D eigenvalue weighted by atomic mass is 19.1. The number of halogens is 2. The number of hydrogen-bond donors (Lipinski definition) is 1. The minimum atomic E-state index is -1.59. The molecule has 1 N–H and O–H groups in total. The Hall–Kier alpha value is -2.51. The third-order valence-electron chi connectivity index (χ3n) is 2.88. The van der Waals surface area contributed by atoms with E-state index in [4.69, 9.17) is 5.11 Å². The highest BCUT2D eigenvalue weighted by molar-refractivity contribution is 5.88. The molecule has 0 bridgehead atoms. The Balaban J connectivity index is 2.68. The predicted molar refractivity (Wildman–Crippen MR) is 65.1 cm³/mol. The molecule has 0 unspecified atom stereocenters. The molecule has 0 aliphatic rings. The van der Waals surface area contributed by atoms with Gasteiger partial charge in [0, 0.05) is 19.5 Å². The van der Waals surface area contributed by atoms with Crippen LogP contribution in [0.1, 0.15) is 23.1 Å². The predicted octanol–water partition coefficient (Wildman–Crippen LogP) is 1.11. The van der Waals surface area contributed by atoms with Gasteiger partial charge in [0.15, 0.2) is 0 Å². The van der Waals surface area contributed by atoms with E-state index < -0.39 is 34.5 Å². The fraction of sp³-hybridized carbons (Fsp3) is 0.250. The van der Waals surface area contributed by atoms with Crippen LogP contribution in [0.15, 0.2) is 16.9 Å². The lowest BCUT2D eigenvalue weighted by Gasteiger charge is -2.04. The van der Waals surface area contributed by atoms with Crippen LogP contribution in [0.3, 0.4) is 0 Å². The highest BCUT2D eigenvalue weighted by Gasteiger charge is 2.19. The maximum absolute atomic E-state index is 13.9. The maximum atomic E-state index is 13.9. The number of carboxylic acids is 1. The zero-order chi connectivity index (χ0) is 15.0. The van der Waals surface area contributed by atoms with E-state index in [0.29, 0.717) is 29.1 Å². The lowest BCUT2D eigenvalue weighted by Crippen LogP contribution is -2.23. The summed E-state index contributed by atoms with van der Waals surface area (Å²) in [5, 5.41) is 12.6. The maximum Gasteiger partial charge on any atom is 0.350 e. The van der Waals surface area contributed by atoms with Gasteiger partial charge in [0.05, 0.1) is 5.56 Å². The van der Waals surface area contributed by atoms with Crippen LogP contribution in [-0.2, 0) is 13.5 Å². The molecule has 0 atom stereocenters. The molecule has 0 aliphatic carbocycles. The fourth-order valence-corrected chi connectivity index (χ4v) is 1.81. The summed E-state index contributed by atoms with van der Waals surface area (Å²) in [4.78, 5) is 22.6. The summed E-state index contributed by atoms with van der Waals surface area (Å²) >= 11 is 0. The number of aromatic carboxylic acids is 1. The monoisotopic (exact) mass is 283 g/mol. The first-order valence-corrected chi connectivity index (χ1v) is 5.74. The molecular formula is C12H11F2N3O3. The first kappa shape index (κ1) is 13.9. The summed E-state index contributed by atoms with van der Waals surface area (Å²) in [7, 11) is 1.46. The minimum absolute atomic E-state index is 0.400. The molecule has 8 heteroatoms. The number of nitrogens with zero attached hydrogens (tertiary/aromatic N) is 3. The fourth-order valence-electron chi connectivity index (χ4n) is 1.81.